The van der Waals surface area contributed by atoms with Crippen LogP contribution in [0.1, 0.15) is 44.5 Å². The molecule has 0 radical (unpaired) electrons. The molecule has 4 aliphatic rings. The van der Waals surface area contributed by atoms with Crippen molar-refractivity contribution in [3.05, 3.63) is 336 Å². The Balaban J connectivity index is 0.903. The highest BCUT2D eigenvalue weighted by Crippen LogP contribution is 2.66. The largest absolute Gasteiger partial charge is 0.310 e. The normalized spacial score (nSPS) is 16.4. The van der Waals surface area contributed by atoms with Crippen molar-refractivity contribution < 1.29 is 0 Å². The van der Waals surface area contributed by atoms with E-state index in [0.29, 0.717) is 0 Å². The van der Waals surface area contributed by atoms with Gasteiger partial charge in [0.25, 0.3) is 0 Å². The van der Waals surface area contributed by atoms with Gasteiger partial charge in [0.2, 0.25) is 0 Å². The first-order chi connectivity index (χ1) is 39.7. The second-order valence-electron chi connectivity index (χ2n) is 22.2. The van der Waals surface area contributed by atoms with E-state index in [1.807, 2.05) is 0 Å². The minimum absolute atomic E-state index is 0.544. The van der Waals surface area contributed by atoms with E-state index in [-0.39, 0.29) is 0 Å². The quantitative estimate of drug-likeness (QED) is 0.167. The average Bonchev–Trinajstić information content (AvgIpc) is 4.04. The Morgan fingerprint density at radius 2 is 0.775 bits per heavy atom. The summed E-state index contributed by atoms with van der Waals surface area (Å²) in [7, 11) is 0. The zero-order valence-corrected chi connectivity index (χ0v) is 43.6. The van der Waals surface area contributed by atoms with Crippen LogP contribution in [0.5, 0.6) is 0 Å². The summed E-state index contributed by atoms with van der Waals surface area (Å²) in [6, 6.07) is 110. The second-order valence-corrected chi connectivity index (χ2v) is 22.2. The topological polar surface area (TPSA) is 8.17 Å². The van der Waals surface area contributed by atoms with Crippen LogP contribution in [0.3, 0.4) is 0 Å². The lowest BCUT2D eigenvalue weighted by atomic mass is 9.65. The van der Waals surface area contributed by atoms with Gasteiger partial charge < -0.3 is 9.47 Å². The molecule has 2 unspecified atom stereocenters. The van der Waals surface area contributed by atoms with Gasteiger partial charge >= 0.3 is 0 Å². The van der Waals surface area contributed by atoms with Crippen LogP contribution < -0.4 is 4.90 Å². The van der Waals surface area contributed by atoms with Crippen LogP contribution in [0.2, 0.25) is 0 Å². The SMILES string of the molecule is c1ccc(-c2ccc(-c3ccc(N(c4ccc5c(c4)C4(c6ccccc6-5)c5ccccc5-c5c4ccc4ccccc54)c4cccc5c4-c4ccccc4C54c5ccccc5-n5c6ccccc6c6cccc4c65)cc3)cc2)cc1. The minimum Gasteiger partial charge on any atom is -0.310 e. The standard InChI is InChI=1S/C78H48N2/c1-2-18-49(19-3-1)50-36-38-51(39-37-50)52-40-43-54(44-41-52)79(55-45-46-58-57-22-6-10-27-63(57)77(70(58)48-55)64-28-11-7-24-61(64)74-56-21-5-4-20-53(56)42-47-68(74)77)73-35-17-31-67-75(73)62-25-8-12-29-65(62)78(67)66-30-13-15-34-72(66)80-71-33-14-9-23-59(71)60-26-16-32-69(78)76(60)80/h1-48H. The van der Waals surface area contributed by atoms with E-state index in [9.17, 15) is 0 Å². The molecule has 80 heavy (non-hydrogen) atoms. The fraction of sp³-hybridized carbons (Fsp3) is 0.0256. The van der Waals surface area contributed by atoms with Gasteiger partial charge in [-0.1, -0.05) is 249 Å². The maximum absolute atomic E-state index is 2.57. The van der Waals surface area contributed by atoms with Crippen molar-refractivity contribution in [1.29, 1.82) is 0 Å². The lowest BCUT2D eigenvalue weighted by Crippen LogP contribution is -2.33. The summed E-state index contributed by atoms with van der Waals surface area (Å²) < 4.78 is 2.54. The van der Waals surface area contributed by atoms with E-state index in [1.54, 1.807) is 0 Å². The molecular formula is C78H48N2. The summed E-state index contributed by atoms with van der Waals surface area (Å²) in [6.07, 6.45) is 0. The van der Waals surface area contributed by atoms with E-state index in [2.05, 4.69) is 301 Å². The lowest BCUT2D eigenvalue weighted by Gasteiger charge is -2.39. The van der Waals surface area contributed by atoms with Crippen molar-refractivity contribution in [2.24, 2.45) is 0 Å². The Morgan fingerprint density at radius 3 is 1.54 bits per heavy atom. The maximum Gasteiger partial charge on any atom is 0.0755 e. The monoisotopic (exact) mass is 1010 g/mol. The Bertz CT molecular complexity index is 4950. The van der Waals surface area contributed by atoms with Crippen LogP contribution in [0.4, 0.5) is 17.1 Å². The van der Waals surface area contributed by atoms with Crippen LogP contribution in [0, 0.1) is 0 Å². The second kappa shape index (κ2) is 16.1. The first kappa shape index (κ1) is 43.8. The van der Waals surface area contributed by atoms with Crippen molar-refractivity contribution in [3.63, 3.8) is 0 Å². The molecule has 3 aliphatic carbocycles. The summed E-state index contributed by atoms with van der Waals surface area (Å²) in [5.41, 5.74) is 29.0. The van der Waals surface area contributed by atoms with Crippen molar-refractivity contribution >= 4 is 49.6 Å². The molecule has 0 fully saturated rings. The summed E-state index contributed by atoms with van der Waals surface area (Å²) >= 11 is 0. The van der Waals surface area contributed by atoms with E-state index >= 15 is 0 Å². The Hall–Kier alpha value is -10.3. The number of para-hydroxylation sites is 3. The molecule has 370 valence electrons. The van der Waals surface area contributed by atoms with E-state index in [1.165, 1.54) is 138 Å². The molecular weight excluding hydrogens is 965 g/mol. The summed E-state index contributed by atoms with van der Waals surface area (Å²) in [5.74, 6) is 0. The number of fused-ring (bicyclic) bond motifs is 24. The number of hydrogen-bond acceptors (Lipinski definition) is 1. The van der Waals surface area contributed by atoms with Gasteiger partial charge in [-0.3, -0.25) is 0 Å². The molecule has 2 nitrogen and oxygen atoms in total. The number of benzene rings is 13. The first-order valence-electron chi connectivity index (χ1n) is 28.0. The zero-order valence-electron chi connectivity index (χ0n) is 43.6. The first-order valence-corrected chi connectivity index (χ1v) is 28.0. The number of rotatable bonds is 5. The van der Waals surface area contributed by atoms with Gasteiger partial charge in [-0.05, 0) is 148 Å². The zero-order chi connectivity index (χ0) is 52.3. The number of nitrogens with zero attached hydrogens (tertiary/aromatic N) is 2. The number of anilines is 3. The Morgan fingerprint density at radius 1 is 0.275 bits per heavy atom. The van der Waals surface area contributed by atoms with Crippen molar-refractivity contribution in [2.75, 3.05) is 4.90 Å². The highest BCUT2D eigenvalue weighted by atomic mass is 15.1. The fourth-order valence-corrected chi connectivity index (χ4v) is 15.5. The molecule has 0 bridgehead atoms. The summed E-state index contributed by atoms with van der Waals surface area (Å²) in [5, 5.41) is 5.10. The molecule has 2 heterocycles. The van der Waals surface area contributed by atoms with Crippen molar-refractivity contribution in [1.82, 2.24) is 4.57 Å². The number of hydrogen-bond donors (Lipinski definition) is 0. The molecule has 0 amide bonds. The van der Waals surface area contributed by atoms with E-state index in [4.69, 9.17) is 0 Å². The Kier molecular flexibility index (Phi) is 8.83. The third-order valence-corrected chi connectivity index (χ3v) is 18.6. The highest BCUT2D eigenvalue weighted by molar-refractivity contribution is 6.14. The maximum atomic E-state index is 2.57. The van der Waals surface area contributed by atoms with Gasteiger partial charge in [-0.2, -0.15) is 0 Å². The predicted octanol–water partition coefficient (Wildman–Crippen LogP) is 19.8. The van der Waals surface area contributed by atoms with Crippen molar-refractivity contribution in [2.45, 2.75) is 10.8 Å². The molecule has 2 atom stereocenters. The molecule has 0 saturated heterocycles. The third-order valence-electron chi connectivity index (χ3n) is 18.6. The van der Waals surface area contributed by atoms with Crippen LogP contribution in [-0.2, 0) is 10.8 Å². The smallest absolute Gasteiger partial charge is 0.0755 e. The molecule has 2 spiro atoms. The summed E-state index contributed by atoms with van der Waals surface area (Å²) in [4.78, 5) is 2.57. The van der Waals surface area contributed by atoms with Crippen LogP contribution in [-0.4, -0.2) is 4.57 Å². The molecule has 14 aromatic rings. The number of aromatic nitrogens is 1. The Labute approximate surface area is 464 Å². The molecule has 1 aromatic heterocycles. The molecule has 0 saturated carbocycles. The molecule has 13 aromatic carbocycles. The molecule has 1 aliphatic heterocycles. The van der Waals surface area contributed by atoms with Gasteiger partial charge in [-0.25, -0.2) is 0 Å². The molecule has 18 rings (SSSR count). The van der Waals surface area contributed by atoms with Crippen LogP contribution >= 0.6 is 0 Å². The minimum atomic E-state index is -0.604. The van der Waals surface area contributed by atoms with Gasteiger partial charge in [0, 0.05) is 27.7 Å². The molecule has 2 heteroatoms. The van der Waals surface area contributed by atoms with Crippen molar-refractivity contribution in [3.8, 4) is 61.3 Å². The van der Waals surface area contributed by atoms with Gasteiger partial charge in [0.05, 0.1) is 33.2 Å². The van der Waals surface area contributed by atoms with Crippen LogP contribution in [0.25, 0.3) is 93.9 Å². The van der Waals surface area contributed by atoms with Crippen LogP contribution in [0.15, 0.2) is 291 Å². The lowest BCUT2D eigenvalue weighted by molar-refractivity contribution is 0.748. The highest BCUT2D eigenvalue weighted by Gasteiger charge is 2.54. The summed E-state index contributed by atoms with van der Waals surface area (Å²) in [6.45, 7) is 0. The predicted molar refractivity (Wildman–Crippen MR) is 331 cm³/mol. The van der Waals surface area contributed by atoms with Gasteiger partial charge in [-0.15, -0.1) is 0 Å². The average molecular weight is 1010 g/mol. The van der Waals surface area contributed by atoms with Gasteiger partial charge in [0.15, 0.2) is 0 Å². The van der Waals surface area contributed by atoms with E-state index < -0.39 is 10.8 Å². The van der Waals surface area contributed by atoms with Gasteiger partial charge in [0.1, 0.15) is 0 Å². The third kappa shape index (κ3) is 5.52. The fourth-order valence-electron chi connectivity index (χ4n) is 15.5. The molecule has 0 N–H and O–H groups in total. The van der Waals surface area contributed by atoms with E-state index in [0.717, 1.165) is 17.1 Å².